The van der Waals surface area contributed by atoms with Crippen LogP contribution in [0.4, 0.5) is 5.69 Å². The SMILES string of the molecule is CCCNC(=O)c1cccc(CN=C(NCC)N2CCN(c3ccc(OC)cc3)CC2)c1.I. The number of carbonyl (C=O) groups is 1. The fourth-order valence-electron chi connectivity index (χ4n) is 3.71. The number of amides is 1. The van der Waals surface area contributed by atoms with Gasteiger partial charge in [0.2, 0.25) is 0 Å². The first-order chi connectivity index (χ1) is 15.6. The van der Waals surface area contributed by atoms with Gasteiger partial charge in [-0.15, -0.1) is 24.0 Å². The molecule has 0 aromatic heterocycles. The highest BCUT2D eigenvalue weighted by molar-refractivity contribution is 14.0. The van der Waals surface area contributed by atoms with E-state index in [-0.39, 0.29) is 29.9 Å². The molecule has 1 saturated heterocycles. The van der Waals surface area contributed by atoms with Crippen LogP contribution in [-0.2, 0) is 6.54 Å². The fourth-order valence-corrected chi connectivity index (χ4v) is 3.71. The van der Waals surface area contributed by atoms with Crippen molar-refractivity contribution in [1.29, 1.82) is 0 Å². The van der Waals surface area contributed by atoms with Crippen LogP contribution in [0.5, 0.6) is 5.75 Å². The summed E-state index contributed by atoms with van der Waals surface area (Å²) in [7, 11) is 1.69. The molecule has 7 nitrogen and oxygen atoms in total. The normalized spacial score (nSPS) is 13.8. The van der Waals surface area contributed by atoms with Crippen molar-refractivity contribution in [2.24, 2.45) is 4.99 Å². The fraction of sp³-hybridized carbons (Fsp3) is 0.440. The van der Waals surface area contributed by atoms with Crippen LogP contribution in [0.25, 0.3) is 0 Å². The molecule has 33 heavy (non-hydrogen) atoms. The van der Waals surface area contributed by atoms with Crippen LogP contribution in [0, 0.1) is 0 Å². The van der Waals surface area contributed by atoms with Crippen LogP contribution < -0.4 is 20.3 Å². The maximum atomic E-state index is 12.2. The van der Waals surface area contributed by atoms with Gasteiger partial charge in [0, 0.05) is 50.5 Å². The van der Waals surface area contributed by atoms with Gasteiger partial charge in [0.15, 0.2) is 5.96 Å². The summed E-state index contributed by atoms with van der Waals surface area (Å²) in [5.74, 6) is 1.77. The first kappa shape index (κ1) is 26.8. The number of methoxy groups -OCH3 is 1. The minimum absolute atomic E-state index is 0. The van der Waals surface area contributed by atoms with Gasteiger partial charge in [-0.05, 0) is 55.3 Å². The molecule has 2 N–H and O–H groups in total. The van der Waals surface area contributed by atoms with Gasteiger partial charge in [-0.25, -0.2) is 4.99 Å². The maximum absolute atomic E-state index is 12.2. The molecule has 0 radical (unpaired) electrons. The van der Waals surface area contributed by atoms with E-state index in [0.29, 0.717) is 18.7 Å². The Morgan fingerprint density at radius 1 is 1.03 bits per heavy atom. The number of aliphatic imine (C=N–C) groups is 1. The number of piperazine rings is 1. The highest BCUT2D eigenvalue weighted by Gasteiger charge is 2.20. The Bertz CT molecular complexity index is 896. The summed E-state index contributed by atoms with van der Waals surface area (Å²) in [5, 5.41) is 6.35. The maximum Gasteiger partial charge on any atom is 0.251 e. The smallest absolute Gasteiger partial charge is 0.251 e. The number of halogens is 1. The predicted octanol–water partition coefficient (Wildman–Crippen LogP) is 3.74. The lowest BCUT2D eigenvalue weighted by Gasteiger charge is -2.37. The molecule has 2 aromatic carbocycles. The third-order valence-corrected chi connectivity index (χ3v) is 5.49. The number of anilines is 1. The molecule has 1 amide bonds. The van der Waals surface area contributed by atoms with E-state index < -0.39 is 0 Å². The zero-order valence-corrected chi connectivity index (χ0v) is 22.2. The van der Waals surface area contributed by atoms with E-state index in [1.54, 1.807) is 7.11 Å². The van der Waals surface area contributed by atoms with Crippen molar-refractivity contribution >= 4 is 41.5 Å². The van der Waals surface area contributed by atoms with Crippen molar-refractivity contribution in [3.8, 4) is 5.75 Å². The number of carbonyl (C=O) groups excluding carboxylic acids is 1. The monoisotopic (exact) mass is 565 g/mol. The van der Waals surface area contributed by atoms with Crippen LogP contribution in [0.15, 0.2) is 53.5 Å². The zero-order valence-electron chi connectivity index (χ0n) is 19.8. The second-order valence-electron chi connectivity index (χ2n) is 7.80. The summed E-state index contributed by atoms with van der Waals surface area (Å²) in [6.45, 7) is 9.84. The molecular weight excluding hydrogens is 529 g/mol. The van der Waals surface area contributed by atoms with Gasteiger partial charge in [-0.1, -0.05) is 19.1 Å². The Hall–Kier alpha value is -2.49. The van der Waals surface area contributed by atoms with Gasteiger partial charge >= 0.3 is 0 Å². The molecule has 3 rings (SSSR count). The minimum Gasteiger partial charge on any atom is -0.497 e. The third-order valence-electron chi connectivity index (χ3n) is 5.49. The van der Waals surface area contributed by atoms with Crippen molar-refractivity contribution in [3.63, 3.8) is 0 Å². The zero-order chi connectivity index (χ0) is 22.8. The molecule has 0 saturated carbocycles. The highest BCUT2D eigenvalue weighted by atomic mass is 127. The Balaban J connectivity index is 0.00000385. The average molecular weight is 566 g/mol. The molecule has 180 valence electrons. The number of guanidine groups is 1. The van der Waals surface area contributed by atoms with Gasteiger partial charge in [0.1, 0.15) is 5.75 Å². The summed E-state index contributed by atoms with van der Waals surface area (Å²) in [6, 6.07) is 15.9. The van der Waals surface area contributed by atoms with Crippen molar-refractivity contribution < 1.29 is 9.53 Å². The lowest BCUT2D eigenvalue weighted by Crippen LogP contribution is -2.52. The van der Waals surface area contributed by atoms with E-state index in [1.165, 1.54) is 5.69 Å². The Morgan fingerprint density at radius 2 is 1.76 bits per heavy atom. The summed E-state index contributed by atoms with van der Waals surface area (Å²) >= 11 is 0. The minimum atomic E-state index is -0.0285. The topological polar surface area (TPSA) is 69.2 Å². The van der Waals surface area contributed by atoms with E-state index in [0.717, 1.165) is 56.4 Å². The van der Waals surface area contributed by atoms with Crippen LogP contribution in [0.2, 0.25) is 0 Å². The molecule has 2 aromatic rings. The number of nitrogens with zero attached hydrogens (tertiary/aromatic N) is 3. The van der Waals surface area contributed by atoms with E-state index in [9.17, 15) is 4.79 Å². The van der Waals surface area contributed by atoms with E-state index in [1.807, 2.05) is 43.3 Å². The van der Waals surface area contributed by atoms with Gasteiger partial charge in [0.05, 0.1) is 13.7 Å². The highest BCUT2D eigenvalue weighted by Crippen LogP contribution is 2.20. The molecule has 0 aliphatic carbocycles. The number of hydrogen-bond acceptors (Lipinski definition) is 4. The van der Waals surface area contributed by atoms with Gasteiger partial charge in [-0.3, -0.25) is 4.79 Å². The quantitative estimate of drug-likeness (QED) is 0.290. The molecule has 0 unspecified atom stereocenters. The van der Waals surface area contributed by atoms with Crippen LogP contribution in [0.1, 0.15) is 36.2 Å². The molecule has 1 fully saturated rings. The summed E-state index contributed by atoms with van der Waals surface area (Å²) < 4.78 is 5.26. The predicted molar refractivity (Wildman–Crippen MR) is 146 cm³/mol. The first-order valence-corrected chi connectivity index (χ1v) is 11.4. The number of nitrogens with one attached hydrogen (secondary N) is 2. The standard InChI is InChI=1S/C25H35N5O2.HI/c1-4-13-27-24(31)21-8-6-7-20(18-21)19-28-25(26-5-2)30-16-14-29(15-17-30)22-9-11-23(32-3)12-10-22;/h6-12,18H,4-5,13-17,19H2,1-3H3,(H,26,28)(H,27,31);1H. The molecule has 8 heteroatoms. The Labute approximate surface area is 214 Å². The molecule has 0 bridgehead atoms. The summed E-state index contributed by atoms with van der Waals surface area (Å²) in [5.41, 5.74) is 2.93. The van der Waals surface area contributed by atoms with Crippen molar-refractivity contribution in [1.82, 2.24) is 15.5 Å². The van der Waals surface area contributed by atoms with Crippen LogP contribution in [0.3, 0.4) is 0 Å². The average Bonchev–Trinajstić information content (AvgIpc) is 2.85. The number of hydrogen-bond donors (Lipinski definition) is 2. The lowest BCUT2D eigenvalue weighted by atomic mass is 10.1. The molecule has 0 atom stereocenters. The Morgan fingerprint density at radius 3 is 2.39 bits per heavy atom. The van der Waals surface area contributed by atoms with E-state index in [4.69, 9.17) is 9.73 Å². The number of ether oxygens (including phenoxy) is 1. The first-order valence-electron chi connectivity index (χ1n) is 11.4. The van der Waals surface area contributed by atoms with E-state index >= 15 is 0 Å². The second-order valence-corrected chi connectivity index (χ2v) is 7.80. The molecular formula is C25H36IN5O2. The van der Waals surface area contributed by atoms with Crippen molar-refractivity contribution in [3.05, 3.63) is 59.7 Å². The van der Waals surface area contributed by atoms with Crippen LogP contribution in [-0.4, -0.2) is 63.1 Å². The van der Waals surface area contributed by atoms with Gasteiger partial charge in [0.25, 0.3) is 5.91 Å². The second kappa shape index (κ2) is 13.9. The molecule has 0 spiro atoms. The molecule has 1 heterocycles. The molecule has 1 aliphatic heterocycles. The summed E-state index contributed by atoms with van der Waals surface area (Å²) in [6.07, 6.45) is 0.924. The summed E-state index contributed by atoms with van der Waals surface area (Å²) in [4.78, 5) is 21.8. The van der Waals surface area contributed by atoms with E-state index in [2.05, 4.69) is 39.5 Å². The third kappa shape index (κ3) is 7.80. The molecule has 1 aliphatic rings. The van der Waals surface area contributed by atoms with Gasteiger partial charge < -0.3 is 25.2 Å². The number of benzene rings is 2. The largest absolute Gasteiger partial charge is 0.497 e. The van der Waals surface area contributed by atoms with Crippen LogP contribution >= 0.6 is 24.0 Å². The number of rotatable bonds is 8. The van der Waals surface area contributed by atoms with Crippen molar-refractivity contribution in [2.45, 2.75) is 26.8 Å². The Kier molecular flexibility index (Phi) is 11.3. The van der Waals surface area contributed by atoms with Gasteiger partial charge in [-0.2, -0.15) is 0 Å². The lowest BCUT2D eigenvalue weighted by molar-refractivity contribution is 0.0953. The van der Waals surface area contributed by atoms with Crippen molar-refractivity contribution in [2.75, 3.05) is 51.3 Å².